The summed E-state index contributed by atoms with van der Waals surface area (Å²) in [6.45, 7) is 7.63. The van der Waals surface area contributed by atoms with Crippen LogP contribution < -0.4 is 5.32 Å². The van der Waals surface area contributed by atoms with Gasteiger partial charge in [0.15, 0.2) is 0 Å². The van der Waals surface area contributed by atoms with E-state index in [9.17, 15) is 0 Å². The van der Waals surface area contributed by atoms with Gasteiger partial charge in [-0.1, -0.05) is 45.0 Å². The SMILES string of the molecule is CCNC(CC)c1cccc(CC)c1. The molecule has 0 amide bonds. The molecule has 1 atom stereocenters. The molecule has 1 rings (SSSR count). The van der Waals surface area contributed by atoms with Crippen LogP contribution in [0.1, 0.15) is 44.4 Å². The van der Waals surface area contributed by atoms with Crippen molar-refractivity contribution in [2.45, 2.75) is 39.7 Å². The lowest BCUT2D eigenvalue weighted by atomic mass is 10.0. The van der Waals surface area contributed by atoms with Gasteiger partial charge < -0.3 is 5.32 Å². The Labute approximate surface area is 87.5 Å². The van der Waals surface area contributed by atoms with Gasteiger partial charge in [-0.2, -0.15) is 0 Å². The Bertz CT molecular complexity index is 268. The van der Waals surface area contributed by atoms with Gasteiger partial charge in [0.1, 0.15) is 0 Å². The maximum absolute atomic E-state index is 3.50. The fraction of sp³-hybridized carbons (Fsp3) is 0.538. The molecule has 0 aliphatic heterocycles. The van der Waals surface area contributed by atoms with E-state index in [0.29, 0.717) is 6.04 Å². The summed E-state index contributed by atoms with van der Waals surface area (Å²) in [5.74, 6) is 0. The van der Waals surface area contributed by atoms with Gasteiger partial charge in [0.25, 0.3) is 0 Å². The normalized spacial score (nSPS) is 12.8. The molecule has 0 saturated heterocycles. The predicted octanol–water partition coefficient (Wildman–Crippen LogP) is 3.31. The molecule has 1 N–H and O–H groups in total. The highest BCUT2D eigenvalue weighted by Crippen LogP contribution is 2.17. The molecule has 0 saturated carbocycles. The molecule has 1 heteroatoms. The molecule has 0 heterocycles. The number of hydrogen-bond acceptors (Lipinski definition) is 1. The summed E-state index contributed by atoms with van der Waals surface area (Å²) < 4.78 is 0. The maximum Gasteiger partial charge on any atom is 0.0317 e. The first kappa shape index (κ1) is 11.3. The third-order valence-corrected chi connectivity index (χ3v) is 2.62. The Kier molecular flexibility index (Phi) is 4.68. The molecule has 1 unspecified atom stereocenters. The smallest absolute Gasteiger partial charge is 0.0317 e. The van der Waals surface area contributed by atoms with Crippen molar-refractivity contribution in [2.75, 3.05) is 6.54 Å². The first-order valence-electron chi connectivity index (χ1n) is 5.64. The van der Waals surface area contributed by atoms with Gasteiger partial charge >= 0.3 is 0 Å². The van der Waals surface area contributed by atoms with Gasteiger partial charge in [-0.15, -0.1) is 0 Å². The molecule has 1 aromatic carbocycles. The predicted molar refractivity (Wildman–Crippen MR) is 62.5 cm³/mol. The van der Waals surface area contributed by atoms with Crippen molar-refractivity contribution in [2.24, 2.45) is 0 Å². The lowest BCUT2D eigenvalue weighted by Crippen LogP contribution is -2.20. The zero-order chi connectivity index (χ0) is 10.4. The van der Waals surface area contributed by atoms with E-state index in [-0.39, 0.29) is 0 Å². The van der Waals surface area contributed by atoms with Gasteiger partial charge in [0.05, 0.1) is 0 Å². The topological polar surface area (TPSA) is 12.0 Å². The lowest BCUT2D eigenvalue weighted by Gasteiger charge is -2.16. The molecule has 14 heavy (non-hydrogen) atoms. The van der Waals surface area contributed by atoms with E-state index >= 15 is 0 Å². The summed E-state index contributed by atoms with van der Waals surface area (Å²) >= 11 is 0. The van der Waals surface area contributed by atoms with Crippen LogP contribution in [0.2, 0.25) is 0 Å². The van der Waals surface area contributed by atoms with Crippen LogP contribution in [0.4, 0.5) is 0 Å². The minimum Gasteiger partial charge on any atom is -0.310 e. The summed E-state index contributed by atoms with van der Waals surface area (Å²) in [6.07, 6.45) is 2.28. The third-order valence-electron chi connectivity index (χ3n) is 2.62. The molecule has 0 aliphatic rings. The van der Waals surface area contributed by atoms with Gasteiger partial charge in [0.2, 0.25) is 0 Å². The second-order valence-electron chi connectivity index (χ2n) is 3.62. The minimum absolute atomic E-state index is 0.520. The first-order chi connectivity index (χ1) is 6.81. The Morgan fingerprint density at radius 1 is 1.21 bits per heavy atom. The van der Waals surface area contributed by atoms with Gasteiger partial charge in [0, 0.05) is 6.04 Å². The third kappa shape index (κ3) is 2.85. The average molecular weight is 191 g/mol. The summed E-state index contributed by atoms with van der Waals surface area (Å²) in [4.78, 5) is 0. The molecule has 0 radical (unpaired) electrons. The van der Waals surface area contributed by atoms with Crippen molar-refractivity contribution in [3.8, 4) is 0 Å². The number of nitrogens with one attached hydrogen (secondary N) is 1. The summed E-state index contributed by atoms with van der Waals surface area (Å²) in [5.41, 5.74) is 2.85. The fourth-order valence-corrected chi connectivity index (χ4v) is 1.77. The highest BCUT2D eigenvalue weighted by Gasteiger charge is 2.06. The number of hydrogen-bond donors (Lipinski definition) is 1. The van der Waals surface area contributed by atoms with Crippen molar-refractivity contribution in [1.82, 2.24) is 5.32 Å². The average Bonchev–Trinajstić information content (AvgIpc) is 2.26. The maximum atomic E-state index is 3.50. The number of benzene rings is 1. The largest absolute Gasteiger partial charge is 0.310 e. The van der Waals surface area contributed by atoms with Crippen LogP contribution in [0.3, 0.4) is 0 Å². The first-order valence-corrected chi connectivity index (χ1v) is 5.64. The van der Waals surface area contributed by atoms with Crippen LogP contribution in [0.25, 0.3) is 0 Å². The zero-order valence-electron chi connectivity index (χ0n) is 9.51. The van der Waals surface area contributed by atoms with E-state index < -0.39 is 0 Å². The Morgan fingerprint density at radius 2 is 2.00 bits per heavy atom. The standard InChI is InChI=1S/C13H21N/c1-4-11-8-7-9-12(10-11)13(5-2)14-6-3/h7-10,13-14H,4-6H2,1-3H3. The van der Waals surface area contributed by atoms with E-state index in [4.69, 9.17) is 0 Å². The van der Waals surface area contributed by atoms with Crippen molar-refractivity contribution in [3.63, 3.8) is 0 Å². The van der Waals surface area contributed by atoms with Crippen molar-refractivity contribution < 1.29 is 0 Å². The molecule has 0 fully saturated rings. The summed E-state index contributed by atoms with van der Waals surface area (Å²) in [7, 11) is 0. The van der Waals surface area contributed by atoms with Crippen LogP contribution in [0, 0.1) is 0 Å². The zero-order valence-corrected chi connectivity index (χ0v) is 9.51. The van der Waals surface area contributed by atoms with Gasteiger partial charge in [-0.25, -0.2) is 0 Å². The summed E-state index contributed by atoms with van der Waals surface area (Å²) in [6, 6.07) is 9.41. The monoisotopic (exact) mass is 191 g/mol. The van der Waals surface area contributed by atoms with Crippen LogP contribution in [-0.2, 0) is 6.42 Å². The molecule has 0 aliphatic carbocycles. The molecule has 1 aromatic rings. The minimum atomic E-state index is 0.520. The number of rotatable bonds is 5. The van der Waals surface area contributed by atoms with Crippen LogP contribution in [0.15, 0.2) is 24.3 Å². The Hall–Kier alpha value is -0.820. The molecular weight excluding hydrogens is 170 g/mol. The van der Waals surface area contributed by atoms with E-state index in [1.54, 1.807) is 0 Å². The molecule has 0 aromatic heterocycles. The summed E-state index contributed by atoms with van der Waals surface area (Å²) in [5, 5.41) is 3.50. The Balaban J connectivity index is 2.80. The van der Waals surface area contributed by atoms with E-state index in [0.717, 1.165) is 19.4 Å². The van der Waals surface area contributed by atoms with Crippen molar-refractivity contribution >= 4 is 0 Å². The van der Waals surface area contributed by atoms with Crippen LogP contribution >= 0.6 is 0 Å². The molecular formula is C13H21N. The van der Waals surface area contributed by atoms with Crippen LogP contribution in [0.5, 0.6) is 0 Å². The van der Waals surface area contributed by atoms with E-state index in [1.165, 1.54) is 11.1 Å². The van der Waals surface area contributed by atoms with Crippen LogP contribution in [-0.4, -0.2) is 6.54 Å². The van der Waals surface area contributed by atoms with E-state index in [1.807, 2.05) is 0 Å². The van der Waals surface area contributed by atoms with Gasteiger partial charge in [-0.3, -0.25) is 0 Å². The Morgan fingerprint density at radius 3 is 2.57 bits per heavy atom. The second-order valence-corrected chi connectivity index (χ2v) is 3.62. The van der Waals surface area contributed by atoms with Gasteiger partial charge in [-0.05, 0) is 30.5 Å². The second kappa shape index (κ2) is 5.82. The molecule has 1 nitrogen and oxygen atoms in total. The van der Waals surface area contributed by atoms with Crippen molar-refractivity contribution in [3.05, 3.63) is 35.4 Å². The highest BCUT2D eigenvalue weighted by molar-refractivity contribution is 5.26. The number of aryl methyl sites for hydroxylation is 1. The molecule has 0 spiro atoms. The lowest BCUT2D eigenvalue weighted by molar-refractivity contribution is 0.537. The van der Waals surface area contributed by atoms with Crippen molar-refractivity contribution in [1.29, 1.82) is 0 Å². The highest BCUT2D eigenvalue weighted by atomic mass is 14.9. The quantitative estimate of drug-likeness (QED) is 0.753. The molecule has 0 bridgehead atoms. The molecule has 78 valence electrons. The van der Waals surface area contributed by atoms with E-state index in [2.05, 4.69) is 50.4 Å². The fourth-order valence-electron chi connectivity index (χ4n) is 1.77.